The quantitative estimate of drug-likeness (QED) is 0.890. The van der Waals surface area contributed by atoms with E-state index in [0.717, 1.165) is 19.2 Å². The van der Waals surface area contributed by atoms with Crippen LogP contribution in [0.15, 0.2) is 23.1 Å². The van der Waals surface area contributed by atoms with E-state index in [1.54, 1.807) is 6.92 Å². The van der Waals surface area contributed by atoms with E-state index >= 15 is 0 Å². The van der Waals surface area contributed by atoms with Crippen LogP contribution in [0.1, 0.15) is 18.1 Å². The summed E-state index contributed by atoms with van der Waals surface area (Å²) < 4.78 is 63.8. The molecule has 0 unspecified atom stereocenters. The van der Waals surface area contributed by atoms with Gasteiger partial charge in [0.05, 0.1) is 17.0 Å². The molecule has 0 spiro atoms. The monoisotopic (exact) mass is 338 g/mol. The Labute approximate surface area is 127 Å². The van der Waals surface area contributed by atoms with Gasteiger partial charge in [0.15, 0.2) is 0 Å². The second-order valence-corrected chi connectivity index (χ2v) is 6.73. The SMILES string of the molecule is CCNC(=O)CN(C)S(=O)(=O)c1ccc(C)c(C(F)(F)F)c1. The van der Waals surface area contributed by atoms with Crippen molar-refractivity contribution in [1.82, 2.24) is 9.62 Å². The molecule has 0 fully saturated rings. The number of likely N-dealkylation sites (N-methyl/N-ethyl adjacent to an activating group) is 2. The van der Waals surface area contributed by atoms with Crippen molar-refractivity contribution in [3.63, 3.8) is 0 Å². The zero-order chi connectivity index (χ0) is 17.1. The number of nitrogens with one attached hydrogen (secondary N) is 1. The highest BCUT2D eigenvalue weighted by molar-refractivity contribution is 7.89. The maximum atomic E-state index is 12.9. The summed E-state index contributed by atoms with van der Waals surface area (Å²) in [6, 6.07) is 2.77. The van der Waals surface area contributed by atoms with Gasteiger partial charge in [-0.15, -0.1) is 0 Å². The number of benzene rings is 1. The van der Waals surface area contributed by atoms with Gasteiger partial charge in [-0.1, -0.05) is 6.07 Å². The van der Waals surface area contributed by atoms with Crippen molar-refractivity contribution in [3.8, 4) is 0 Å². The van der Waals surface area contributed by atoms with Crippen molar-refractivity contribution >= 4 is 15.9 Å². The lowest BCUT2D eigenvalue weighted by molar-refractivity contribution is -0.138. The van der Waals surface area contributed by atoms with Gasteiger partial charge in [-0.3, -0.25) is 4.79 Å². The van der Waals surface area contributed by atoms with Crippen LogP contribution in [0, 0.1) is 6.92 Å². The Hall–Kier alpha value is -1.61. The molecular formula is C13H17F3N2O3S. The molecule has 1 amide bonds. The molecule has 5 nitrogen and oxygen atoms in total. The molecular weight excluding hydrogens is 321 g/mol. The number of carbonyl (C=O) groups is 1. The van der Waals surface area contributed by atoms with Gasteiger partial charge < -0.3 is 5.32 Å². The zero-order valence-corrected chi connectivity index (χ0v) is 13.2. The van der Waals surface area contributed by atoms with E-state index in [0.29, 0.717) is 16.9 Å². The molecule has 0 aromatic heterocycles. The number of hydrogen-bond donors (Lipinski definition) is 1. The normalized spacial score (nSPS) is 12.5. The molecule has 0 saturated carbocycles. The second kappa shape index (κ2) is 6.66. The van der Waals surface area contributed by atoms with Gasteiger partial charge in [-0.25, -0.2) is 8.42 Å². The predicted molar refractivity (Wildman–Crippen MR) is 74.7 cm³/mol. The lowest BCUT2D eigenvalue weighted by Crippen LogP contribution is -2.38. The molecule has 1 aromatic rings. The highest BCUT2D eigenvalue weighted by Gasteiger charge is 2.34. The van der Waals surface area contributed by atoms with Gasteiger partial charge in [-0.05, 0) is 31.5 Å². The summed E-state index contributed by atoms with van der Waals surface area (Å²) in [7, 11) is -3.04. The van der Waals surface area contributed by atoms with Gasteiger partial charge in [0.25, 0.3) is 0 Å². The number of aryl methyl sites for hydroxylation is 1. The number of carbonyl (C=O) groups excluding carboxylic acids is 1. The summed E-state index contributed by atoms with van der Waals surface area (Å²) in [6.45, 7) is 2.78. The fourth-order valence-electron chi connectivity index (χ4n) is 1.79. The highest BCUT2D eigenvalue weighted by Crippen LogP contribution is 2.33. The second-order valence-electron chi connectivity index (χ2n) is 4.69. The largest absolute Gasteiger partial charge is 0.416 e. The average molecular weight is 338 g/mol. The molecule has 0 saturated heterocycles. The Morgan fingerprint density at radius 2 is 1.91 bits per heavy atom. The Kier molecular flexibility index (Phi) is 5.58. The lowest BCUT2D eigenvalue weighted by Gasteiger charge is -2.18. The molecule has 1 aromatic carbocycles. The number of sulfonamides is 1. The number of amides is 1. The molecule has 124 valence electrons. The molecule has 9 heteroatoms. The van der Waals surface area contributed by atoms with Crippen LogP contribution in [0.2, 0.25) is 0 Å². The fraction of sp³-hybridized carbons (Fsp3) is 0.462. The van der Waals surface area contributed by atoms with Crippen molar-refractivity contribution in [2.45, 2.75) is 24.9 Å². The highest BCUT2D eigenvalue weighted by atomic mass is 32.2. The van der Waals surface area contributed by atoms with E-state index < -0.39 is 39.1 Å². The third-order valence-electron chi connectivity index (χ3n) is 2.96. The first kappa shape index (κ1) is 18.4. The minimum Gasteiger partial charge on any atom is -0.355 e. The number of rotatable bonds is 5. The van der Waals surface area contributed by atoms with E-state index in [2.05, 4.69) is 5.32 Å². The average Bonchev–Trinajstić information content (AvgIpc) is 2.37. The summed E-state index contributed by atoms with van der Waals surface area (Å²) in [6.07, 6.45) is -4.65. The van der Waals surface area contributed by atoms with Gasteiger partial charge in [0, 0.05) is 13.6 Å². The van der Waals surface area contributed by atoms with Crippen molar-refractivity contribution in [2.75, 3.05) is 20.1 Å². The van der Waals surface area contributed by atoms with Crippen molar-refractivity contribution in [2.24, 2.45) is 0 Å². The lowest BCUT2D eigenvalue weighted by atomic mass is 10.1. The molecule has 1 N–H and O–H groups in total. The minimum absolute atomic E-state index is 0.0715. The standard InChI is InChI=1S/C13H17F3N2O3S/c1-4-17-12(19)8-18(3)22(20,21)10-6-5-9(2)11(7-10)13(14,15)16/h5-7H,4,8H2,1-3H3,(H,17,19). The summed E-state index contributed by atoms with van der Waals surface area (Å²) in [5.74, 6) is -0.531. The first-order valence-corrected chi connectivity index (χ1v) is 7.85. The van der Waals surface area contributed by atoms with Crippen molar-refractivity contribution in [1.29, 1.82) is 0 Å². The van der Waals surface area contributed by atoms with Crippen LogP contribution in [0.4, 0.5) is 13.2 Å². The van der Waals surface area contributed by atoms with Crippen LogP contribution in [0.25, 0.3) is 0 Å². The van der Waals surface area contributed by atoms with Crippen LogP contribution in [-0.4, -0.2) is 38.8 Å². The number of alkyl halides is 3. The van der Waals surface area contributed by atoms with E-state index in [4.69, 9.17) is 0 Å². The Bertz CT molecular complexity index is 657. The van der Waals surface area contributed by atoms with Crippen molar-refractivity contribution in [3.05, 3.63) is 29.3 Å². The molecule has 0 atom stereocenters. The zero-order valence-electron chi connectivity index (χ0n) is 12.4. The molecule has 0 bridgehead atoms. The summed E-state index contributed by atoms with van der Waals surface area (Å²) in [5, 5.41) is 2.42. The predicted octanol–water partition coefficient (Wildman–Crippen LogP) is 1.77. The van der Waals surface area contributed by atoms with Crippen LogP contribution in [-0.2, 0) is 21.0 Å². The maximum Gasteiger partial charge on any atom is 0.416 e. The van der Waals surface area contributed by atoms with E-state index in [9.17, 15) is 26.4 Å². The first-order valence-electron chi connectivity index (χ1n) is 6.41. The molecule has 0 radical (unpaired) electrons. The van der Waals surface area contributed by atoms with Crippen LogP contribution >= 0.6 is 0 Å². The van der Waals surface area contributed by atoms with Gasteiger partial charge in [0.1, 0.15) is 0 Å². The van der Waals surface area contributed by atoms with Gasteiger partial charge in [-0.2, -0.15) is 17.5 Å². The van der Waals surface area contributed by atoms with Crippen LogP contribution < -0.4 is 5.32 Å². The van der Waals surface area contributed by atoms with Crippen LogP contribution in [0.3, 0.4) is 0 Å². The minimum atomic E-state index is -4.65. The first-order chi connectivity index (χ1) is 10.00. The molecule has 22 heavy (non-hydrogen) atoms. The Morgan fingerprint density at radius 1 is 1.32 bits per heavy atom. The summed E-state index contributed by atoms with van der Waals surface area (Å²) >= 11 is 0. The van der Waals surface area contributed by atoms with Gasteiger partial charge >= 0.3 is 6.18 Å². The molecule has 0 aliphatic rings. The van der Waals surface area contributed by atoms with Crippen molar-refractivity contribution < 1.29 is 26.4 Å². The smallest absolute Gasteiger partial charge is 0.355 e. The Morgan fingerprint density at radius 3 is 2.41 bits per heavy atom. The van der Waals surface area contributed by atoms with E-state index in [1.165, 1.54) is 6.92 Å². The Balaban J connectivity index is 3.16. The molecule has 0 aliphatic carbocycles. The third-order valence-corrected chi connectivity index (χ3v) is 4.76. The maximum absolute atomic E-state index is 12.9. The molecule has 0 aliphatic heterocycles. The van der Waals surface area contributed by atoms with E-state index in [-0.39, 0.29) is 5.56 Å². The van der Waals surface area contributed by atoms with E-state index in [1.807, 2.05) is 0 Å². The summed E-state index contributed by atoms with van der Waals surface area (Å²) in [4.78, 5) is 10.9. The molecule has 1 rings (SSSR count). The molecule has 0 heterocycles. The third kappa shape index (κ3) is 4.20. The number of halogens is 3. The number of hydrogen-bond acceptors (Lipinski definition) is 3. The fourth-order valence-corrected chi connectivity index (χ4v) is 2.94. The summed E-state index contributed by atoms with van der Waals surface area (Å²) in [5.41, 5.74) is -1.09. The van der Waals surface area contributed by atoms with Crippen LogP contribution in [0.5, 0.6) is 0 Å². The van der Waals surface area contributed by atoms with Gasteiger partial charge in [0.2, 0.25) is 15.9 Å². The topological polar surface area (TPSA) is 66.5 Å². The number of nitrogens with zero attached hydrogens (tertiary/aromatic N) is 1.